The fraction of sp³-hybridized carbons (Fsp3) is 0.556. The van der Waals surface area contributed by atoms with Gasteiger partial charge in [0, 0.05) is 19.2 Å². The van der Waals surface area contributed by atoms with Gasteiger partial charge in [-0.05, 0) is 24.4 Å². The molecule has 2 rings (SSSR count). The minimum atomic E-state index is 0.218. The molecule has 1 aromatic heterocycles. The van der Waals surface area contributed by atoms with E-state index in [1.165, 1.54) is 0 Å². The van der Waals surface area contributed by atoms with E-state index in [4.69, 9.17) is 16.7 Å². The lowest BCUT2D eigenvalue weighted by molar-refractivity contribution is 0.281. The monoisotopic (exact) mass is 228 g/mol. The molecule has 2 heterocycles. The predicted octanol–water partition coefficient (Wildman–Crippen LogP) is 1.11. The summed E-state index contributed by atoms with van der Waals surface area (Å²) in [6.07, 6.45) is 3.36. The maximum atomic E-state index is 8.74. The van der Waals surface area contributed by atoms with Crippen LogP contribution in [-0.2, 0) is 0 Å². The summed E-state index contributed by atoms with van der Waals surface area (Å²) >= 11 is 5.70. The third kappa shape index (κ3) is 2.49. The van der Waals surface area contributed by atoms with Crippen LogP contribution in [0.3, 0.4) is 0 Å². The normalized spacial score (nSPS) is 18.9. The fourth-order valence-electron chi connectivity index (χ4n) is 1.59. The zero-order valence-electron chi connectivity index (χ0n) is 8.20. The summed E-state index contributed by atoms with van der Waals surface area (Å²) in [5, 5.41) is 15.5. The van der Waals surface area contributed by atoms with Crippen molar-refractivity contribution in [2.45, 2.75) is 18.9 Å². The standard InChI is InChI=1S/C9H13ClN4O/c10-9-12-5-7-8(14-9)13-6(4-11-7)2-1-3-15/h5-6,11,15H,1-4H2,(H,12,13,14). The second-order valence-electron chi connectivity index (χ2n) is 3.49. The number of aliphatic hydroxyl groups excluding tert-OH is 1. The van der Waals surface area contributed by atoms with Crippen molar-refractivity contribution in [1.82, 2.24) is 9.97 Å². The van der Waals surface area contributed by atoms with E-state index in [0.717, 1.165) is 30.9 Å². The first-order valence-corrected chi connectivity index (χ1v) is 5.31. The molecular formula is C9H13ClN4O. The Morgan fingerprint density at radius 3 is 3.27 bits per heavy atom. The predicted molar refractivity (Wildman–Crippen MR) is 59.3 cm³/mol. The maximum absolute atomic E-state index is 8.74. The minimum absolute atomic E-state index is 0.218. The summed E-state index contributed by atoms with van der Waals surface area (Å²) in [5.41, 5.74) is 0.875. The molecule has 0 spiro atoms. The number of aromatic nitrogens is 2. The number of nitrogens with zero attached hydrogens (tertiary/aromatic N) is 2. The molecule has 0 aliphatic carbocycles. The second-order valence-corrected chi connectivity index (χ2v) is 3.83. The molecular weight excluding hydrogens is 216 g/mol. The first-order valence-electron chi connectivity index (χ1n) is 4.93. The summed E-state index contributed by atoms with van der Waals surface area (Å²) in [4.78, 5) is 7.98. The third-order valence-electron chi connectivity index (χ3n) is 2.35. The Kier molecular flexibility index (Phi) is 3.23. The molecule has 0 saturated heterocycles. The molecule has 0 bridgehead atoms. The highest BCUT2D eigenvalue weighted by Crippen LogP contribution is 2.24. The van der Waals surface area contributed by atoms with Crippen LogP contribution in [0.5, 0.6) is 0 Å². The molecule has 1 unspecified atom stereocenters. The highest BCUT2D eigenvalue weighted by Gasteiger charge is 2.18. The summed E-state index contributed by atoms with van der Waals surface area (Å²) < 4.78 is 0. The van der Waals surface area contributed by atoms with Crippen molar-refractivity contribution in [2.24, 2.45) is 0 Å². The van der Waals surface area contributed by atoms with Crippen LogP contribution in [0.25, 0.3) is 0 Å². The van der Waals surface area contributed by atoms with E-state index in [2.05, 4.69) is 20.6 Å². The van der Waals surface area contributed by atoms with Gasteiger partial charge in [-0.2, -0.15) is 4.98 Å². The first-order chi connectivity index (χ1) is 7.29. The van der Waals surface area contributed by atoms with Crippen molar-refractivity contribution in [1.29, 1.82) is 0 Å². The molecule has 82 valence electrons. The van der Waals surface area contributed by atoms with Crippen molar-refractivity contribution in [3.05, 3.63) is 11.5 Å². The van der Waals surface area contributed by atoms with Gasteiger partial charge in [-0.15, -0.1) is 0 Å². The molecule has 0 fully saturated rings. The second kappa shape index (κ2) is 4.63. The molecule has 6 heteroatoms. The number of hydrogen-bond donors (Lipinski definition) is 3. The van der Waals surface area contributed by atoms with Gasteiger partial charge in [-0.1, -0.05) is 0 Å². The zero-order valence-corrected chi connectivity index (χ0v) is 8.96. The number of anilines is 2. The molecule has 0 aromatic carbocycles. The Hall–Kier alpha value is -1.07. The Bertz CT molecular complexity index is 347. The molecule has 0 amide bonds. The van der Waals surface area contributed by atoms with Gasteiger partial charge in [-0.3, -0.25) is 0 Å². The highest BCUT2D eigenvalue weighted by molar-refractivity contribution is 6.28. The van der Waals surface area contributed by atoms with Gasteiger partial charge in [0.2, 0.25) is 5.28 Å². The zero-order chi connectivity index (χ0) is 10.7. The van der Waals surface area contributed by atoms with Crippen molar-refractivity contribution < 1.29 is 5.11 Å². The van der Waals surface area contributed by atoms with Crippen LogP contribution in [0.4, 0.5) is 11.5 Å². The van der Waals surface area contributed by atoms with E-state index in [0.29, 0.717) is 0 Å². The summed E-state index contributed by atoms with van der Waals surface area (Å²) in [5.74, 6) is 0.740. The summed E-state index contributed by atoms with van der Waals surface area (Å²) in [6, 6.07) is 0.288. The molecule has 1 aliphatic heterocycles. The molecule has 1 aromatic rings. The lowest BCUT2D eigenvalue weighted by Crippen LogP contribution is -2.33. The average Bonchev–Trinajstić information content (AvgIpc) is 2.25. The van der Waals surface area contributed by atoms with Crippen molar-refractivity contribution in [3.8, 4) is 0 Å². The van der Waals surface area contributed by atoms with Crippen LogP contribution >= 0.6 is 11.6 Å². The molecule has 1 atom stereocenters. The van der Waals surface area contributed by atoms with E-state index >= 15 is 0 Å². The van der Waals surface area contributed by atoms with E-state index in [9.17, 15) is 0 Å². The number of hydrogen-bond acceptors (Lipinski definition) is 5. The van der Waals surface area contributed by atoms with E-state index in [1.807, 2.05) is 0 Å². The largest absolute Gasteiger partial charge is 0.396 e. The number of nitrogens with one attached hydrogen (secondary N) is 2. The SMILES string of the molecule is OCCCC1CNc2cnc(Cl)nc2N1. The van der Waals surface area contributed by atoms with Crippen LogP contribution in [0.1, 0.15) is 12.8 Å². The molecule has 1 aliphatic rings. The Morgan fingerprint density at radius 1 is 1.60 bits per heavy atom. The average molecular weight is 229 g/mol. The number of fused-ring (bicyclic) bond motifs is 1. The van der Waals surface area contributed by atoms with E-state index < -0.39 is 0 Å². The van der Waals surface area contributed by atoms with Crippen LogP contribution < -0.4 is 10.6 Å². The van der Waals surface area contributed by atoms with Crippen molar-refractivity contribution in [2.75, 3.05) is 23.8 Å². The Morgan fingerprint density at radius 2 is 2.47 bits per heavy atom. The topological polar surface area (TPSA) is 70.1 Å². The Labute approximate surface area is 92.9 Å². The highest BCUT2D eigenvalue weighted by atomic mass is 35.5. The smallest absolute Gasteiger partial charge is 0.224 e. The van der Waals surface area contributed by atoms with Crippen LogP contribution in [0.2, 0.25) is 5.28 Å². The number of halogens is 1. The van der Waals surface area contributed by atoms with Gasteiger partial charge in [0.05, 0.1) is 11.9 Å². The van der Waals surface area contributed by atoms with Crippen LogP contribution in [0.15, 0.2) is 6.20 Å². The van der Waals surface area contributed by atoms with Crippen molar-refractivity contribution in [3.63, 3.8) is 0 Å². The number of rotatable bonds is 3. The van der Waals surface area contributed by atoms with Gasteiger partial charge in [0.25, 0.3) is 0 Å². The van der Waals surface area contributed by atoms with Crippen LogP contribution in [0, 0.1) is 0 Å². The molecule has 5 nitrogen and oxygen atoms in total. The quantitative estimate of drug-likeness (QED) is 0.676. The lowest BCUT2D eigenvalue weighted by atomic mass is 10.1. The van der Waals surface area contributed by atoms with E-state index in [-0.39, 0.29) is 17.9 Å². The molecule has 15 heavy (non-hydrogen) atoms. The van der Waals surface area contributed by atoms with Gasteiger partial charge in [0.15, 0.2) is 5.82 Å². The van der Waals surface area contributed by atoms with Gasteiger partial charge in [0.1, 0.15) is 0 Å². The molecule has 0 radical (unpaired) electrons. The first kappa shape index (κ1) is 10.4. The lowest BCUT2D eigenvalue weighted by Gasteiger charge is -2.26. The molecule has 3 N–H and O–H groups in total. The minimum Gasteiger partial charge on any atom is -0.396 e. The molecule has 0 saturated carbocycles. The maximum Gasteiger partial charge on any atom is 0.224 e. The summed E-state index contributed by atoms with van der Waals surface area (Å²) in [7, 11) is 0. The van der Waals surface area contributed by atoms with Gasteiger partial charge in [-0.25, -0.2) is 4.98 Å². The third-order valence-corrected chi connectivity index (χ3v) is 2.53. The van der Waals surface area contributed by atoms with E-state index in [1.54, 1.807) is 6.20 Å². The fourth-order valence-corrected chi connectivity index (χ4v) is 1.72. The van der Waals surface area contributed by atoms with Gasteiger partial charge < -0.3 is 15.7 Å². The van der Waals surface area contributed by atoms with Crippen molar-refractivity contribution >= 4 is 23.1 Å². The van der Waals surface area contributed by atoms with Crippen LogP contribution in [-0.4, -0.2) is 34.3 Å². The Balaban J connectivity index is 2.05. The summed E-state index contributed by atoms with van der Waals surface area (Å²) in [6.45, 7) is 1.04. The van der Waals surface area contributed by atoms with Gasteiger partial charge >= 0.3 is 0 Å². The number of aliphatic hydroxyl groups is 1.